The van der Waals surface area contributed by atoms with E-state index in [0.717, 1.165) is 0 Å². The Morgan fingerprint density at radius 2 is 1.80 bits per heavy atom. The van der Waals surface area contributed by atoms with Crippen molar-refractivity contribution >= 4 is 0 Å². The van der Waals surface area contributed by atoms with Crippen molar-refractivity contribution in [3.63, 3.8) is 0 Å². The van der Waals surface area contributed by atoms with Crippen LogP contribution >= 0.6 is 0 Å². The van der Waals surface area contributed by atoms with E-state index in [0.29, 0.717) is 6.61 Å². The minimum atomic E-state index is -5.47. The normalized spacial score (nSPS) is 21.8. The molecule has 1 aliphatic rings. The van der Waals surface area contributed by atoms with E-state index < -0.39 is 18.5 Å². The summed E-state index contributed by atoms with van der Waals surface area (Å²) in [7, 11) is 0. The van der Waals surface area contributed by atoms with Gasteiger partial charge in [0.05, 0.1) is 13.2 Å². The van der Waals surface area contributed by atoms with Crippen LogP contribution in [0.2, 0.25) is 0 Å². The highest BCUT2D eigenvalue weighted by atomic mass is 19.4. The largest absolute Gasteiger partial charge is 0.453 e. The average Bonchev–Trinajstić information content (AvgIpc) is 2.85. The molecule has 0 unspecified atom stereocenters. The second-order valence-corrected chi connectivity index (χ2v) is 3.34. The van der Waals surface area contributed by atoms with Crippen LogP contribution < -0.4 is 0 Å². The van der Waals surface area contributed by atoms with Gasteiger partial charge in [0.1, 0.15) is 6.10 Å². The first-order chi connectivity index (χ1) is 6.83. The van der Waals surface area contributed by atoms with Gasteiger partial charge < -0.3 is 9.47 Å². The summed E-state index contributed by atoms with van der Waals surface area (Å²) in [6.45, 7) is 0.724. The molecule has 1 rings (SSSR count). The number of epoxide rings is 1. The molecule has 1 fully saturated rings. The highest BCUT2D eigenvalue weighted by Gasteiger charge is 2.56. The summed E-state index contributed by atoms with van der Waals surface area (Å²) in [4.78, 5) is 0. The maximum absolute atomic E-state index is 12.3. The Morgan fingerprint density at radius 1 is 1.20 bits per heavy atom. The highest BCUT2D eigenvalue weighted by molar-refractivity contribution is 4.75. The predicted octanol–water partition coefficient (Wildman–Crippen LogP) is 2.38. The molecule has 1 aliphatic heterocycles. The van der Waals surface area contributed by atoms with E-state index in [1.165, 1.54) is 0 Å². The summed E-state index contributed by atoms with van der Waals surface area (Å²) < 4.78 is 69.3. The topological polar surface area (TPSA) is 21.8 Å². The van der Waals surface area contributed by atoms with E-state index in [-0.39, 0.29) is 25.7 Å². The molecule has 0 bridgehead atoms. The van der Waals surface area contributed by atoms with Gasteiger partial charge in [-0.1, -0.05) is 0 Å². The van der Waals surface area contributed by atoms with Gasteiger partial charge in [0.2, 0.25) is 0 Å². The molecule has 0 saturated carbocycles. The molecule has 0 aliphatic carbocycles. The standard InChI is InChI=1S/C8H11F5O2/c9-7(10,8(11,12)13)2-1-3-14-4-6-5-15-6/h6H,1-5H2/t6-/m0/s1. The van der Waals surface area contributed by atoms with Crippen molar-refractivity contribution in [1.82, 2.24) is 0 Å². The van der Waals surface area contributed by atoms with Crippen LogP contribution in [-0.4, -0.2) is 38.0 Å². The lowest BCUT2D eigenvalue weighted by Gasteiger charge is -2.19. The Kier molecular flexibility index (Phi) is 3.88. The van der Waals surface area contributed by atoms with Crippen molar-refractivity contribution in [2.45, 2.75) is 31.0 Å². The Hall–Kier alpha value is -0.430. The minimum Gasteiger partial charge on any atom is -0.379 e. The van der Waals surface area contributed by atoms with Gasteiger partial charge in [-0.05, 0) is 6.42 Å². The predicted molar refractivity (Wildman–Crippen MR) is 40.8 cm³/mol. The van der Waals surface area contributed by atoms with Crippen molar-refractivity contribution < 1.29 is 31.4 Å². The van der Waals surface area contributed by atoms with Gasteiger partial charge in [0.25, 0.3) is 0 Å². The van der Waals surface area contributed by atoms with E-state index in [1.807, 2.05) is 0 Å². The minimum absolute atomic E-state index is 0.00636. The number of ether oxygens (including phenoxy) is 2. The van der Waals surface area contributed by atoms with E-state index in [4.69, 9.17) is 9.47 Å². The molecular formula is C8H11F5O2. The molecule has 0 aromatic carbocycles. The molecule has 0 aromatic rings. The van der Waals surface area contributed by atoms with E-state index in [1.54, 1.807) is 0 Å². The maximum atomic E-state index is 12.3. The summed E-state index contributed by atoms with van der Waals surface area (Å²) in [5.41, 5.74) is 0. The molecule has 7 heteroatoms. The fourth-order valence-electron chi connectivity index (χ4n) is 0.917. The first-order valence-electron chi connectivity index (χ1n) is 4.47. The summed E-state index contributed by atoms with van der Waals surface area (Å²) in [6, 6.07) is 0. The van der Waals surface area contributed by atoms with Gasteiger partial charge in [-0.25, -0.2) is 0 Å². The molecule has 1 atom stereocenters. The summed E-state index contributed by atoms with van der Waals surface area (Å²) in [5, 5.41) is 0. The third-order valence-corrected chi connectivity index (χ3v) is 1.90. The molecule has 15 heavy (non-hydrogen) atoms. The lowest BCUT2D eigenvalue weighted by Crippen LogP contribution is -2.36. The monoisotopic (exact) mass is 234 g/mol. The van der Waals surface area contributed by atoms with Crippen LogP contribution in [0.1, 0.15) is 12.8 Å². The van der Waals surface area contributed by atoms with Crippen LogP contribution in [0.3, 0.4) is 0 Å². The molecular weight excluding hydrogens is 223 g/mol. The van der Waals surface area contributed by atoms with Crippen molar-refractivity contribution in [3.8, 4) is 0 Å². The van der Waals surface area contributed by atoms with Crippen molar-refractivity contribution in [2.24, 2.45) is 0 Å². The molecule has 0 radical (unpaired) electrons. The number of hydrogen-bond acceptors (Lipinski definition) is 2. The number of rotatable bonds is 6. The molecule has 1 heterocycles. The number of halogens is 5. The zero-order valence-electron chi connectivity index (χ0n) is 7.82. The Balaban J connectivity index is 2.06. The van der Waals surface area contributed by atoms with Crippen molar-refractivity contribution in [2.75, 3.05) is 19.8 Å². The Bertz CT molecular complexity index is 200. The SMILES string of the molecule is FC(F)(F)C(F)(F)CCCOC[C@H]1CO1. The molecule has 0 N–H and O–H groups in total. The second kappa shape index (κ2) is 4.61. The second-order valence-electron chi connectivity index (χ2n) is 3.34. The molecule has 0 amide bonds. The van der Waals surface area contributed by atoms with Crippen molar-refractivity contribution in [1.29, 1.82) is 0 Å². The molecule has 0 spiro atoms. The lowest BCUT2D eigenvalue weighted by atomic mass is 10.2. The van der Waals surface area contributed by atoms with E-state index in [9.17, 15) is 22.0 Å². The van der Waals surface area contributed by atoms with Gasteiger partial charge in [0.15, 0.2) is 0 Å². The third kappa shape index (κ3) is 4.29. The summed E-state index contributed by atoms with van der Waals surface area (Å²) in [6.07, 6.45) is -7.03. The van der Waals surface area contributed by atoms with Crippen LogP contribution in [0.5, 0.6) is 0 Å². The van der Waals surface area contributed by atoms with Gasteiger partial charge in [0, 0.05) is 13.0 Å². The Labute approximate surface area is 83.3 Å². The zero-order valence-corrected chi connectivity index (χ0v) is 7.82. The van der Waals surface area contributed by atoms with Gasteiger partial charge in [-0.3, -0.25) is 0 Å². The smallest absolute Gasteiger partial charge is 0.379 e. The van der Waals surface area contributed by atoms with Crippen LogP contribution in [0.15, 0.2) is 0 Å². The lowest BCUT2D eigenvalue weighted by molar-refractivity contribution is -0.285. The fourth-order valence-corrected chi connectivity index (χ4v) is 0.917. The number of hydrogen-bond donors (Lipinski definition) is 0. The van der Waals surface area contributed by atoms with Gasteiger partial charge >= 0.3 is 12.1 Å². The number of alkyl halides is 5. The Morgan fingerprint density at radius 3 is 2.27 bits per heavy atom. The van der Waals surface area contributed by atoms with Gasteiger partial charge in [-0.15, -0.1) is 0 Å². The third-order valence-electron chi connectivity index (χ3n) is 1.90. The van der Waals surface area contributed by atoms with Crippen LogP contribution in [-0.2, 0) is 9.47 Å². The van der Waals surface area contributed by atoms with Crippen LogP contribution in [0.25, 0.3) is 0 Å². The van der Waals surface area contributed by atoms with Crippen LogP contribution in [0.4, 0.5) is 22.0 Å². The quantitative estimate of drug-likeness (QED) is 0.400. The van der Waals surface area contributed by atoms with E-state index >= 15 is 0 Å². The first-order valence-corrected chi connectivity index (χ1v) is 4.47. The molecule has 90 valence electrons. The highest BCUT2D eigenvalue weighted by Crippen LogP contribution is 2.38. The summed E-state index contributed by atoms with van der Waals surface area (Å²) in [5.74, 6) is -4.62. The fraction of sp³-hybridized carbons (Fsp3) is 1.00. The maximum Gasteiger partial charge on any atom is 0.453 e. The summed E-state index contributed by atoms with van der Waals surface area (Å²) >= 11 is 0. The van der Waals surface area contributed by atoms with E-state index in [2.05, 4.69) is 0 Å². The first kappa shape index (κ1) is 12.6. The van der Waals surface area contributed by atoms with Gasteiger partial charge in [-0.2, -0.15) is 22.0 Å². The molecule has 1 saturated heterocycles. The zero-order chi connectivity index (χ0) is 11.5. The average molecular weight is 234 g/mol. The van der Waals surface area contributed by atoms with Crippen LogP contribution in [0, 0.1) is 0 Å². The molecule has 0 aromatic heterocycles. The van der Waals surface area contributed by atoms with Crippen molar-refractivity contribution in [3.05, 3.63) is 0 Å². The molecule has 2 nitrogen and oxygen atoms in total.